The molecule has 0 saturated carbocycles. The van der Waals surface area contributed by atoms with Gasteiger partial charge in [-0.15, -0.1) is 0 Å². The Balaban J connectivity index is 1.96. The highest BCUT2D eigenvalue weighted by Crippen LogP contribution is 2.30. The summed E-state index contributed by atoms with van der Waals surface area (Å²) in [6, 6.07) is 6.36. The van der Waals surface area contributed by atoms with Gasteiger partial charge in [0.15, 0.2) is 11.5 Å². The summed E-state index contributed by atoms with van der Waals surface area (Å²) in [6.45, 7) is 12.1. The lowest BCUT2D eigenvalue weighted by Crippen LogP contribution is -2.48. The zero-order chi connectivity index (χ0) is 14.5. The second-order valence-electron chi connectivity index (χ2n) is 5.60. The van der Waals surface area contributed by atoms with E-state index in [9.17, 15) is 5.11 Å². The first kappa shape index (κ1) is 15.1. The van der Waals surface area contributed by atoms with Gasteiger partial charge in [0.1, 0.15) is 0 Å². The zero-order valence-corrected chi connectivity index (χ0v) is 12.8. The number of phenolic OH excluding ortho intramolecular Hbond substituents is 1. The maximum atomic E-state index is 10.2. The maximum absolute atomic E-state index is 10.2. The average Bonchev–Trinajstić information content (AvgIpc) is 2.44. The van der Waals surface area contributed by atoms with E-state index in [-0.39, 0.29) is 0 Å². The van der Waals surface area contributed by atoms with Gasteiger partial charge in [0.25, 0.3) is 0 Å². The van der Waals surface area contributed by atoms with Crippen LogP contribution in [0.3, 0.4) is 0 Å². The van der Waals surface area contributed by atoms with Gasteiger partial charge in [-0.1, -0.05) is 12.1 Å². The molecule has 0 unspecified atom stereocenters. The van der Waals surface area contributed by atoms with E-state index in [1.807, 2.05) is 25.1 Å². The molecule has 1 N–H and O–H groups in total. The normalized spacial score (nSPS) is 17.6. The number of piperazine rings is 1. The van der Waals surface area contributed by atoms with Crippen molar-refractivity contribution < 1.29 is 9.84 Å². The number of ether oxygens (including phenoxy) is 1. The number of nitrogens with zero attached hydrogens (tertiary/aromatic N) is 2. The van der Waals surface area contributed by atoms with Gasteiger partial charge >= 0.3 is 0 Å². The van der Waals surface area contributed by atoms with Crippen molar-refractivity contribution in [2.45, 2.75) is 33.4 Å². The molecular weight excluding hydrogens is 252 g/mol. The molecule has 1 aliphatic rings. The van der Waals surface area contributed by atoms with E-state index >= 15 is 0 Å². The number of para-hydroxylation sites is 1. The van der Waals surface area contributed by atoms with Crippen LogP contribution < -0.4 is 4.74 Å². The van der Waals surface area contributed by atoms with E-state index in [1.54, 1.807) is 0 Å². The Hall–Kier alpha value is -1.26. The van der Waals surface area contributed by atoms with Gasteiger partial charge in [0.05, 0.1) is 6.61 Å². The van der Waals surface area contributed by atoms with Crippen LogP contribution in [0.25, 0.3) is 0 Å². The highest BCUT2D eigenvalue weighted by Gasteiger charge is 2.20. The fourth-order valence-corrected chi connectivity index (χ4v) is 2.65. The average molecular weight is 278 g/mol. The molecule has 0 atom stereocenters. The molecule has 0 radical (unpaired) electrons. The Labute approximate surface area is 122 Å². The Kier molecular flexibility index (Phi) is 5.26. The molecule has 0 spiro atoms. The lowest BCUT2D eigenvalue weighted by molar-refractivity contribution is 0.103. The van der Waals surface area contributed by atoms with Crippen LogP contribution in [0.2, 0.25) is 0 Å². The smallest absolute Gasteiger partial charge is 0.162 e. The van der Waals surface area contributed by atoms with Gasteiger partial charge in [-0.3, -0.25) is 9.80 Å². The molecule has 2 rings (SSSR count). The minimum absolute atomic E-state index is 0.292. The molecule has 112 valence electrons. The van der Waals surface area contributed by atoms with Gasteiger partial charge in [0.2, 0.25) is 0 Å². The van der Waals surface area contributed by atoms with E-state index in [1.165, 1.54) is 0 Å². The number of hydrogen-bond donors (Lipinski definition) is 1. The molecule has 0 aliphatic carbocycles. The third-order valence-electron chi connectivity index (χ3n) is 3.91. The SMILES string of the molecule is CCOc1cccc(CN2CCN(C(C)C)CC2)c1O. The van der Waals surface area contributed by atoms with Crippen molar-refractivity contribution in [3.8, 4) is 11.5 Å². The molecule has 1 aromatic rings. The minimum atomic E-state index is 0.292. The third-order valence-corrected chi connectivity index (χ3v) is 3.91. The lowest BCUT2D eigenvalue weighted by atomic mass is 10.1. The highest BCUT2D eigenvalue weighted by atomic mass is 16.5. The van der Waals surface area contributed by atoms with Gasteiger partial charge in [-0.2, -0.15) is 0 Å². The predicted molar refractivity (Wildman–Crippen MR) is 81.3 cm³/mol. The second-order valence-corrected chi connectivity index (χ2v) is 5.60. The molecule has 1 heterocycles. The van der Waals surface area contributed by atoms with E-state index < -0.39 is 0 Å². The van der Waals surface area contributed by atoms with Crippen LogP contribution in [0.4, 0.5) is 0 Å². The number of benzene rings is 1. The summed E-state index contributed by atoms with van der Waals surface area (Å²) in [5.41, 5.74) is 0.953. The maximum Gasteiger partial charge on any atom is 0.162 e. The number of rotatable bonds is 5. The van der Waals surface area contributed by atoms with Gasteiger partial charge < -0.3 is 9.84 Å². The molecule has 4 nitrogen and oxygen atoms in total. The molecule has 1 fully saturated rings. The summed E-state index contributed by atoms with van der Waals surface area (Å²) < 4.78 is 5.44. The lowest BCUT2D eigenvalue weighted by Gasteiger charge is -2.37. The summed E-state index contributed by atoms with van der Waals surface area (Å²) in [5, 5.41) is 10.2. The van der Waals surface area contributed by atoms with Crippen molar-refractivity contribution in [1.82, 2.24) is 9.80 Å². The monoisotopic (exact) mass is 278 g/mol. The van der Waals surface area contributed by atoms with Gasteiger partial charge in [-0.25, -0.2) is 0 Å². The van der Waals surface area contributed by atoms with Crippen LogP contribution in [-0.4, -0.2) is 53.7 Å². The standard InChI is InChI=1S/C16H26N2O2/c1-4-20-15-7-5-6-14(16(15)19)12-17-8-10-18(11-9-17)13(2)3/h5-7,13,19H,4,8-12H2,1-3H3. The summed E-state index contributed by atoms with van der Waals surface area (Å²) in [6.07, 6.45) is 0. The summed E-state index contributed by atoms with van der Waals surface area (Å²) in [5.74, 6) is 0.881. The van der Waals surface area contributed by atoms with Crippen LogP contribution in [0, 0.1) is 0 Å². The molecule has 1 aliphatic heterocycles. The first-order valence-corrected chi connectivity index (χ1v) is 7.52. The molecule has 1 aromatic carbocycles. The summed E-state index contributed by atoms with van der Waals surface area (Å²) in [4.78, 5) is 4.89. The zero-order valence-electron chi connectivity index (χ0n) is 12.8. The molecular formula is C16H26N2O2. The van der Waals surface area contributed by atoms with Crippen molar-refractivity contribution in [2.75, 3.05) is 32.8 Å². The summed E-state index contributed by atoms with van der Waals surface area (Å²) >= 11 is 0. The fourth-order valence-electron chi connectivity index (χ4n) is 2.65. The molecule has 4 heteroatoms. The van der Waals surface area contributed by atoms with Crippen LogP contribution in [0.1, 0.15) is 26.3 Å². The van der Waals surface area contributed by atoms with Crippen molar-refractivity contribution in [1.29, 1.82) is 0 Å². The summed E-state index contributed by atoms with van der Waals surface area (Å²) in [7, 11) is 0. The molecule has 0 bridgehead atoms. The second kappa shape index (κ2) is 6.95. The Bertz CT molecular complexity index is 426. The quantitative estimate of drug-likeness (QED) is 0.896. The predicted octanol–water partition coefficient (Wildman–Crippen LogP) is 2.32. The van der Waals surface area contributed by atoms with Crippen molar-refractivity contribution in [2.24, 2.45) is 0 Å². The number of hydrogen-bond acceptors (Lipinski definition) is 4. The number of aromatic hydroxyl groups is 1. The first-order chi connectivity index (χ1) is 9.61. The van der Waals surface area contributed by atoms with E-state index in [4.69, 9.17) is 4.74 Å². The Morgan fingerprint density at radius 3 is 2.50 bits per heavy atom. The minimum Gasteiger partial charge on any atom is -0.504 e. The van der Waals surface area contributed by atoms with Crippen LogP contribution in [0.5, 0.6) is 11.5 Å². The largest absolute Gasteiger partial charge is 0.504 e. The van der Waals surface area contributed by atoms with E-state index in [2.05, 4.69) is 23.6 Å². The van der Waals surface area contributed by atoms with Crippen LogP contribution in [-0.2, 0) is 6.54 Å². The third kappa shape index (κ3) is 3.64. The van der Waals surface area contributed by atoms with Gasteiger partial charge in [0, 0.05) is 44.3 Å². The Morgan fingerprint density at radius 2 is 1.90 bits per heavy atom. The van der Waals surface area contributed by atoms with Crippen molar-refractivity contribution >= 4 is 0 Å². The fraction of sp³-hybridized carbons (Fsp3) is 0.625. The first-order valence-electron chi connectivity index (χ1n) is 7.52. The molecule has 1 saturated heterocycles. The topological polar surface area (TPSA) is 35.9 Å². The van der Waals surface area contributed by atoms with Crippen LogP contribution >= 0.6 is 0 Å². The highest BCUT2D eigenvalue weighted by molar-refractivity contribution is 5.45. The van der Waals surface area contributed by atoms with Gasteiger partial charge in [-0.05, 0) is 26.8 Å². The molecule has 0 aromatic heterocycles. The van der Waals surface area contributed by atoms with E-state index in [0.29, 0.717) is 24.1 Å². The Morgan fingerprint density at radius 1 is 1.20 bits per heavy atom. The molecule has 0 amide bonds. The molecule has 20 heavy (non-hydrogen) atoms. The van der Waals surface area contributed by atoms with E-state index in [0.717, 1.165) is 38.3 Å². The van der Waals surface area contributed by atoms with Crippen molar-refractivity contribution in [3.05, 3.63) is 23.8 Å². The van der Waals surface area contributed by atoms with Crippen LogP contribution in [0.15, 0.2) is 18.2 Å². The van der Waals surface area contributed by atoms with Crippen molar-refractivity contribution in [3.63, 3.8) is 0 Å². The number of phenols is 1.